The molecular weight excluding hydrogens is 507 g/mol. The Morgan fingerprint density at radius 2 is 1.71 bits per heavy atom. The zero-order valence-corrected chi connectivity index (χ0v) is 20.7. The second kappa shape index (κ2) is 9.57. The molecule has 7 nitrogen and oxygen atoms in total. The molecule has 0 bridgehead atoms. The molecule has 2 aliphatic heterocycles. The Kier molecular flexibility index (Phi) is 6.54. The minimum atomic E-state index is -4.26. The SMILES string of the molecule is CC(C)c1ncc(C(=O)Nc2c(-c3cc(F)ccc3F)ccnc2N2CC3(CN(CC(F)(F)F)C3)C2)cn1. The number of carbonyl (C=O) groups excluding carboxylic acids is 1. The average Bonchev–Trinajstić information content (AvgIpc) is 2.81. The van der Waals surface area contributed by atoms with Crippen LogP contribution in [0.15, 0.2) is 42.9 Å². The maximum Gasteiger partial charge on any atom is 0.401 e. The van der Waals surface area contributed by atoms with Gasteiger partial charge in [-0.05, 0) is 24.3 Å². The summed E-state index contributed by atoms with van der Waals surface area (Å²) in [4.78, 5) is 29.1. The van der Waals surface area contributed by atoms with Gasteiger partial charge in [0.1, 0.15) is 17.5 Å². The van der Waals surface area contributed by atoms with Crippen molar-refractivity contribution in [2.45, 2.75) is 25.9 Å². The zero-order valence-electron chi connectivity index (χ0n) is 20.7. The predicted octanol–water partition coefficient (Wildman–Crippen LogP) is 4.88. The largest absolute Gasteiger partial charge is 0.401 e. The van der Waals surface area contributed by atoms with Crippen LogP contribution in [-0.4, -0.2) is 64.7 Å². The molecule has 2 aromatic heterocycles. The number of hydrogen-bond donors (Lipinski definition) is 1. The summed E-state index contributed by atoms with van der Waals surface area (Å²) in [5.41, 5.74) is 0.168. The molecule has 3 aromatic rings. The summed E-state index contributed by atoms with van der Waals surface area (Å²) in [5, 5.41) is 2.77. The minimum absolute atomic E-state index is 0.0643. The number of aromatic nitrogens is 3. The van der Waals surface area contributed by atoms with E-state index in [1.807, 2.05) is 18.7 Å². The summed E-state index contributed by atoms with van der Waals surface area (Å²) in [6.45, 7) is 4.30. The highest BCUT2D eigenvalue weighted by Gasteiger charge is 2.54. The molecule has 0 radical (unpaired) electrons. The van der Waals surface area contributed by atoms with Crippen LogP contribution in [0.2, 0.25) is 0 Å². The number of carbonyl (C=O) groups is 1. The molecule has 2 saturated heterocycles. The monoisotopic (exact) mass is 532 g/mol. The van der Waals surface area contributed by atoms with Gasteiger partial charge in [-0.25, -0.2) is 23.7 Å². The quantitative estimate of drug-likeness (QED) is 0.457. The van der Waals surface area contributed by atoms with Crippen LogP contribution in [0.5, 0.6) is 0 Å². The van der Waals surface area contributed by atoms with Crippen molar-refractivity contribution in [3.05, 3.63) is 65.9 Å². The molecule has 12 heteroatoms. The number of alkyl halides is 3. The number of nitrogens with zero attached hydrogens (tertiary/aromatic N) is 5. The fourth-order valence-corrected chi connectivity index (χ4v) is 5.06. The van der Waals surface area contributed by atoms with E-state index >= 15 is 0 Å². The number of benzene rings is 1. The van der Waals surface area contributed by atoms with Crippen LogP contribution in [-0.2, 0) is 0 Å². The van der Waals surface area contributed by atoms with E-state index in [1.54, 1.807) is 0 Å². The van der Waals surface area contributed by atoms with Gasteiger partial charge in [0.15, 0.2) is 5.82 Å². The molecule has 5 rings (SSSR count). The number of pyridine rings is 1. The highest BCUT2D eigenvalue weighted by atomic mass is 19.4. The first-order valence-corrected chi connectivity index (χ1v) is 12.0. The molecule has 2 aliphatic rings. The number of likely N-dealkylation sites (tertiary alicyclic amines) is 1. The smallest absolute Gasteiger partial charge is 0.353 e. The topological polar surface area (TPSA) is 74.2 Å². The van der Waals surface area contributed by atoms with Crippen LogP contribution in [0.1, 0.15) is 35.9 Å². The van der Waals surface area contributed by atoms with Gasteiger partial charge in [0, 0.05) is 67.2 Å². The Hall–Kier alpha value is -3.67. The summed E-state index contributed by atoms with van der Waals surface area (Å²) in [5.74, 6) is -0.960. The third-order valence-corrected chi connectivity index (χ3v) is 6.71. The molecule has 1 N–H and O–H groups in total. The van der Waals surface area contributed by atoms with Crippen LogP contribution in [0, 0.1) is 17.0 Å². The van der Waals surface area contributed by atoms with E-state index in [-0.39, 0.29) is 33.7 Å². The number of amides is 1. The average molecular weight is 533 g/mol. The number of halogens is 5. The fraction of sp³-hybridized carbons (Fsp3) is 0.385. The van der Waals surface area contributed by atoms with Crippen molar-refractivity contribution in [2.75, 3.05) is 42.9 Å². The number of nitrogens with one attached hydrogen (secondary N) is 1. The number of anilines is 2. The van der Waals surface area contributed by atoms with E-state index in [0.717, 1.165) is 18.2 Å². The molecule has 200 valence electrons. The molecule has 1 aromatic carbocycles. The first-order valence-electron chi connectivity index (χ1n) is 12.0. The zero-order chi connectivity index (χ0) is 27.2. The number of hydrogen-bond acceptors (Lipinski definition) is 6. The van der Waals surface area contributed by atoms with Crippen molar-refractivity contribution in [3.8, 4) is 11.1 Å². The molecule has 0 saturated carbocycles. The first-order chi connectivity index (χ1) is 17.9. The van der Waals surface area contributed by atoms with E-state index in [0.29, 0.717) is 37.8 Å². The van der Waals surface area contributed by atoms with E-state index < -0.39 is 30.3 Å². The summed E-state index contributed by atoms with van der Waals surface area (Å²) in [6.07, 6.45) is -0.0613. The molecule has 4 heterocycles. The lowest BCUT2D eigenvalue weighted by Crippen LogP contribution is -2.73. The third-order valence-electron chi connectivity index (χ3n) is 6.71. The van der Waals surface area contributed by atoms with Gasteiger partial charge >= 0.3 is 6.18 Å². The standard InChI is InChI=1S/C26H25F5N6O/c1-15(2)22-33-8-16(9-34-22)24(38)35-21-18(19-7-17(27)3-4-20(19)28)5-6-32-23(21)37-12-25(13-37)10-36(11-25)14-26(29,30)31/h3-9,15H,10-14H2,1-2H3,(H,35,38). The molecule has 38 heavy (non-hydrogen) atoms. The van der Waals surface area contributed by atoms with Gasteiger partial charge in [0.05, 0.1) is 17.8 Å². The van der Waals surface area contributed by atoms with Crippen molar-refractivity contribution < 1.29 is 26.7 Å². The second-order valence-corrected chi connectivity index (χ2v) is 10.2. The molecular formula is C26H25F5N6O. The van der Waals surface area contributed by atoms with Gasteiger partial charge in [-0.15, -0.1) is 0 Å². The highest BCUT2D eigenvalue weighted by Crippen LogP contribution is 2.46. The molecule has 0 atom stereocenters. The minimum Gasteiger partial charge on any atom is -0.353 e. The molecule has 2 fully saturated rings. The Labute approximate surface area is 215 Å². The molecule has 0 unspecified atom stereocenters. The summed E-state index contributed by atoms with van der Waals surface area (Å²) in [7, 11) is 0. The van der Waals surface area contributed by atoms with E-state index in [1.165, 1.54) is 29.6 Å². The summed E-state index contributed by atoms with van der Waals surface area (Å²) in [6, 6.07) is 4.49. The van der Waals surface area contributed by atoms with Gasteiger partial charge in [-0.1, -0.05) is 13.8 Å². The van der Waals surface area contributed by atoms with Gasteiger partial charge in [0.25, 0.3) is 5.91 Å². The molecule has 1 spiro atoms. The van der Waals surface area contributed by atoms with E-state index in [4.69, 9.17) is 0 Å². The van der Waals surface area contributed by atoms with Gasteiger partial charge in [-0.2, -0.15) is 13.2 Å². The Morgan fingerprint density at radius 3 is 2.34 bits per heavy atom. The van der Waals surface area contributed by atoms with Gasteiger partial charge in [0.2, 0.25) is 0 Å². The van der Waals surface area contributed by atoms with Crippen molar-refractivity contribution >= 4 is 17.4 Å². The fourth-order valence-electron chi connectivity index (χ4n) is 5.06. The van der Waals surface area contributed by atoms with Crippen LogP contribution < -0.4 is 10.2 Å². The third kappa shape index (κ3) is 5.17. The predicted molar refractivity (Wildman–Crippen MR) is 131 cm³/mol. The van der Waals surface area contributed by atoms with Crippen LogP contribution in [0.25, 0.3) is 11.1 Å². The lowest BCUT2D eigenvalue weighted by Gasteiger charge is -2.60. The van der Waals surface area contributed by atoms with Crippen molar-refractivity contribution in [1.82, 2.24) is 19.9 Å². The van der Waals surface area contributed by atoms with Crippen LogP contribution in [0.4, 0.5) is 33.5 Å². The van der Waals surface area contributed by atoms with Crippen LogP contribution >= 0.6 is 0 Å². The van der Waals surface area contributed by atoms with Gasteiger partial charge < -0.3 is 10.2 Å². The van der Waals surface area contributed by atoms with Crippen molar-refractivity contribution in [2.24, 2.45) is 5.41 Å². The summed E-state index contributed by atoms with van der Waals surface area (Å²) < 4.78 is 67.0. The van der Waals surface area contributed by atoms with E-state index in [2.05, 4.69) is 20.3 Å². The summed E-state index contributed by atoms with van der Waals surface area (Å²) >= 11 is 0. The lowest BCUT2D eigenvalue weighted by atomic mass is 9.72. The van der Waals surface area contributed by atoms with E-state index in [9.17, 15) is 26.7 Å². The normalized spacial score (nSPS) is 16.9. The van der Waals surface area contributed by atoms with Crippen LogP contribution in [0.3, 0.4) is 0 Å². The first kappa shape index (κ1) is 26.0. The Balaban J connectivity index is 1.44. The Bertz CT molecular complexity index is 1350. The second-order valence-electron chi connectivity index (χ2n) is 10.2. The van der Waals surface area contributed by atoms with Crippen molar-refractivity contribution in [1.29, 1.82) is 0 Å². The maximum atomic E-state index is 14.8. The molecule has 0 aliphatic carbocycles. The highest BCUT2D eigenvalue weighted by molar-refractivity contribution is 6.08. The molecule has 1 amide bonds. The van der Waals surface area contributed by atoms with Gasteiger partial charge in [-0.3, -0.25) is 9.69 Å². The van der Waals surface area contributed by atoms with Crippen molar-refractivity contribution in [3.63, 3.8) is 0 Å². The lowest BCUT2D eigenvalue weighted by molar-refractivity contribution is -0.172. The number of rotatable bonds is 6. The maximum absolute atomic E-state index is 14.8. The Morgan fingerprint density at radius 1 is 1.03 bits per heavy atom.